The Balaban J connectivity index is 1.84. The Morgan fingerprint density at radius 1 is 1.25 bits per heavy atom. The summed E-state index contributed by atoms with van der Waals surface area (Å²) in [6.07, 6.45) is 1.38. The Kier molecular flexibility index (Phi) is 3.93. The molecular formula is C14H9FN6O3. The fraction of sp³-hybridized carbons (Fsp3) is 0. The summed E-state index contributed by atoms with van der Waals surface area (Å²) in [6, 6.07) is 9.56. The van der Waals surface area contributed by atoms with E-state index >= 15 is 0 Å². The first-order valence-electron chi connectivity index (χ1n) is 6.63. The number of nitrogens with one attached hydrogen (secondary N) is 1. The molecule has 24 heavy (non-hydrogen) atoms. The Morgan fingerprint density at radius 2 is 2.08 bits per heavy atom. The maximum atomic E-state index is 13.3. The fourth-order valence-corrected chi connectivity index (χ4v) is 2.00. The number of tetrazole rings is 1. The lowest BCUT2D eigenvalue weighted by Crippen LogP contribution is -2.12. The van der Waals surface area contributed by atoms with Crippen molar-refractivity contribution in [3.8, 4) is 5.69 Å². The second-order valence-corrected chi connectivity index (χ2v) is 4.68. The van der Waals surface area contributed by atoms with E-state index in [0.29, 0.717) is 5.69 Å². The largest absolute Gasteiger partial charge is 0.322 e. The molecule has 0 radical (unpaired) electrons. The smallest absolute Gasteiger partial charge is 0.306 e. The zero-order valence-electron chi connectivity index (χ0n) is 12.0. The highest BCUT2D eigenvalue weighted by Crippen LogP contribution is 2.22. The molecule has 10 heteroatoms. The van der Waals surface area contributed by atoms with Crippen molar-refractivity contribution < 1.29 is 14.1 Å². The number of halogens is 1. The number of benzene rings is 2. The summed E-state index contributed by atoms with van der Waals surface area (Å²) in [4.78, 5) is 22.1. The van der Waals surface area contributed by atoms with Crippen LogP contribution in [-0.2, 0) is 0 Å². The normalized spacial score (nSPS) is 10.4. The van der Waals surface area contributed by atoms with Crippen molar-refractivity contribution in [2.45, 2.75) is 0 Å². The van der Waals surface area contributed by atoms with Crippen molar-refractivity contribution in [2.75, 3.05) is 5.32 Å². The number of anilines is 1. The molecular weight excluding hydrogens is 319 g/mol. The minimum absolute atomic E-state index is 0.112. The Labute approximate surface area is 133 Å². The van der Waals surface area contributed by atoms with Crippen LogP contribution in [-0.4, -0.2) is 31.0 Å². The fourth-order valence-electron chi connectivity index (χ4n) is 2.00. The lowest BCUT2D eigenvalue weighted by Gasteiger charge is -2.07. The summed E-state index contributed by atoms with van der Waals surface area (Å²) in [6.45, 7) is 0. The third kappa shape index (κ3) is 3.06. The second kappa shape index (κ2) is 6.20. The summed E-state index contributed by atoms with van der Waals surface area (Å²) in [5, 5.41) is 24.0. The summed E-state index contributed by atoms with van der Waals surface area (Å²) in [5.41, 5.74) is 0.254. The standard InChI is InChI=1S/C14H9FN6O3/c15-12-5-4-10(7-13(12)21(23)24)17-14(22)9-2-1-3-11(6-9)20-8-16-18-19-20/h1-8H,(H,17,22). The van der Waals surface area contributed by atoms with E-state index in [2.05, 4.69) is 20.8 Å². The predicted octanol–water partition coefficient (Wildman–Crippen LogP) is 1.96. The molecule has 0 fully saturated rings. The van der Waals surface area contributed by atoms with E-state index < -0.39 is 22.3 Å². The zero-order chi connectivity index (χ0) is 17.1. The van der Waals surface area contributed by atoms with Crippen LogP contribution in [0.2, 0.25) is 0 Å². The summed E-state index contributed by atoms with van der Waals surface area (Å²) < 4.78 is 14.7. The molecule has 0 saturated heterocycles. The average molecular weight is 328 g/mol. The number of hydrogen-bond acceptors (Lipinski definition) is 6. The van der Waals surface area contributed by atoms with Gasteiger partial charge < -0.3 is 5.32 Å². The molecule has 1 heterocycles. The van der Waals surface area contributed by atoms with E-state index in [1.54, 1.807) is 24.3 Å². The van der Waals surface area contributed by atoms with E-state index in [9.17, 15) is 19.3 Å². The maximum Gasteiger partial charge on any atom is 0.306 e. The van der Waals surface area contributed by atoms with Crippen LogP contribution in [0.3, 0.4) is 0 Å². The highest BCUT2D eigenvalue weighted by Gasteiger charge is 2.16. The molecule has 2 aromatic carbocycles. The third-order valence-corrected chi connectivity index (χ3v) is 3.12. The van der Waals surface area contributed by atoms with E-state index in [1.807, 2.05) is 0 Å². The van der Waals surface area contributed by atoms with Gasteiger partial charge in [-0.15, -0.1) is 5.10 Å². The van der Waals surface area contributed by atoms with E-state index in [4.69, 9.17) is 0 Å². The van der Waals surface area contributed by atoms with Crippen LogP contribution in [0, 0.1) is 15.9 Å². The Morgan fingerprint density at radius 3 is 2.79 bits per heavy atom. The lowest BCUT2D eigenvalue weighted by molar-refractivity contribution is -0.387. The molecule has 3 aromatic rings. The number of nitro benzene ring substituents is 1. The summed E-state index contributed by atoms with van der Waals surface area (Å²) >= 11 is 0. The predicted molar refractivity (Wildman–Crippen MR) is 80.2 cm³/mol. The number of nitro groups is 1. The molecule has 1 N–H and O–H groups in total. The van der Waals surface area contributed by atoms with Gasteiger partial charge in [-0.3, -0.25) is 14.9 Å². The monoisotopic (exact) mass is 328 g/mol. The molecule has 1 aromatic heterocycles. The molecule has 0 saturated carbocycles. The van der Waals surface area contributed by atoms with Crippen molar-refractivity contribution in [1.82, 2.24) is 20.2 Å². The molecule has 0 aliphatic carbocycles. The van der Waals surface area contributed by atoms with Gasteiger partial charge in [-0.1, -0.05) is 6.07 Å². The van der Waals surface area contributed by atoms with Crippen LogP contribution in [0.25, 0.3) is 5.69 Å². The highest BCUT2D eigenvalue weighted by molar-refractivity contribution is 6.04. The molecule has 0 unspecified atom stereocenters. The van der Waals surface area contributed by atoms with Crippen molar-refractivity contribution in [3.63, 3.8) is 0 Å². The highest BCUT2D eigenvalue weighted by atomic mass is 19.1. The molecule has 3 rings (SSSR count). The van der Waals surface area contributed by atoms with Crippen LogP contribution in [0.5, 0.6) is 0 Å². The van der Waals surface area contributed by atoms with Gasteiger partial charge in [0.2, 0.25) is 5.82 Å². The molecule has 0 aliphatic heterocycles. The first-order valence-corrected chi connectivity index (χ1v) is 6.63. The summed E-state index contributed by atoms with van der Waals surface area (Å²) in [5.74, 6) is -1.48. The van der Waals surface area contributed by atoms with Gasteiger partial charge >= 0.3 is 5.69 Å². The van der Waals surface area contributed by atoms with E-state index in [1.165, 1.54) is 17.1 Å². The molecule has 0 aliphatic rings. The number of carbonyl (C=O) groups is 1. The number of nitrogens with zero attached hydrogens (tertiary/aromatic N) is 5. The molecule has 9 nitrogen and oxygen atoms in total. The SMILES string of the molecule is O=C(Nc1ccc(F)c([N+](=O)[O-])c1)c1cccc(-n2cnnn2)c1. The average Bonchev–Trinajstić information content (AvgIpc) is 3.11. The van der Waals surface area contributed by atoms with E-state index in [-0.39, 0.29) is 11.3 Å². The first kappa shape index (κ1) is 15.2. The maximum absolute atomic E-state index is 13.3. The second-order valence-electron chi connectivity index (χ2n) is 4.68. The zero-order valence-corrected chi connectivity index (χ0v) is 12.0. The lowest BCUT2D eigenvalue weighted by atomic mass is 10.2. The van der Waals surface area contributed by atoms with Crippen LogP contribution < -0.4 is 5.32 Å². The van der Waals surface area contributed by atoms with Crippen molar-refractivity contribution >= 4 is 17.3 Å². The van der Waals surface area contributed by atoms with Gasteiger partial charge in [-0.2, -0.15) is 4.39 Å². The van der Waals surface area contributed by atoms with Gasteiger partial charge in [0, 0.05) is 17.3 Å². The molecule has 0 spiro atoms. The third-order valence-electron chi connectivity index (χ3n) is 3.12. The van der Waals surface area contributed by atoms with Gasteiger partial charge in [0.15, 0.2) is 0 Å². The van der Waals surface area contributed by atoms with Crippen molar-refractivity contribution in [1.29, 1.82) is 0 Å². The molecule has 1 amide bonds. The minimum Gasteiger partial charge on any atom is -0.322 e. The summed E-state index contributed by atoms with van der Waals surface area (Å²) in [7, 11) is 0. The number of amides is 1. The Hall–Kier alpha value is -3.69. The van der Waals surface area contributed by atoms with Gasteiger partial charge in [0.05, 0.1) is 10.6 Å². The first-order chi connectivity index (χ1) is 11.5. The van der Waals surface area contributed by atoms with Gasteiger partial charge in [-0.05, 0) is 40.8 Å². The van der Waals surface area contributed by atoms with Gasteiger partial charge in [0.25, 0.3) is 5.91 Å². The van der Waals surface area contributed by atoms with Crippen molar-refractivity contribution in [3.05, 3.63) is 70.3 Å². The van der Waals surface area contributed by atoms with Crippen LogP contribution in [0.4, 0.5) is 15.8 Å². The number of rotatable bonds is 4. The quantitative estimate of drug-likeness (QED) is 0.578. The van der Waals surface area contributed by atoms with E-state index in [0.717, 1.165) is 12.1 Å². The van der Waals surface area contributed by atoms with Gasteiger partial charge in [-0.25, -0.2) is 4.68 Å². The van der Waals surface area contributed by atoms with Crippen LogP contribution in [0.15, 0.2) is 48.8 Å². The topological polar surface area (TPSA) is 116 Å². The van der Waals surface area contributed by atoms with Gasteiger partial charge in [0.1, 0.15) is 6.33 Å². The molecule has 0 bridgehead atoms. The van der Waals surface area contributed by atoms with Crippen LogP contribution >= 0.6 is 0 Å². The molecule has 0 atom stereocenters. The number of aromatic nitrogens is 4. The minimum atomic E-state index is -0.973. The Bertz CT molecular complexity index is 913. The molecule has 120 valence electrons. The number of hydrogen-bond donors (Lipinski definition) is 1. The van der Waals surface area contributed by atoms with Crippen LogP contribution in [0.1, 0.15) is 10.4 Å². The van der Waals surface area contributed by atoms with Crippen molar-refractivity contribution in [2.24, 2.45) is 0 Å². The number of carbonyl (C=O) groups excluding carboxylic acids is 1.